The zero-order valence-corrected chi connectivity index (χ0v) is 23.9. The van der Waals surface area contributed by atoms with E-state index in [1.165, 1.54) is 0 Å². The molecule has 0 radical (unpaired) electrons. The van der Waals surface area contributed by atoms with E-state index in [0.717, 1.165) is 37.9 Å². The number of carbonyl (C=O) groups excluding carboxylic acids is 2. The first-order valence-electron chi connectivity index (χ1n) is 14.2. The van der Waals surface area contributed by atoms with Gasteiger partial charge in [0.2, 0.25) is 5.91 Å². The van der Waals surface area contributed by atoms with E-state index in [2.05, 4.69) is 10.4 Å². The summed E-state index contributed by atoms with van der Waals surface area (Å²) in [5.74, 6) is 2.35. The van der Waals surface area contributed by atoms with Crippen molar-refractivity contribution in [2.24, 2.45) is 18.9 Å². The largest absolute Gasteiger partial charge is 0.488 e. The molecule has 10 nitrogen and oxygen atoms in total. The summed E-state index contributed by atoms with van der Waals surface area (Å²) in [5.41, 5.74) is 1.23. The van der Waals surface area contributed by atoms with Crippen LogP contribution in [0.25, 0.3) is 0 Å². The van der Waals surface area contributed by atoms with Gasteiger partial charge in [-0.2, -0.15) is 5.10 Å². The standard InChI is InChI=1S/C31H38N4O6/c1-21(20-38-3)40-27-16-24(30(36)32-29-10-13-34(2)33-29)17-28(18-27)41-26-8-6-25(7-9-26)35(19-22-4-5-22)31(37)23-11-14-39-15-12-23/h6-10,13,16-18,21-23H,4-5,11-12,14-15,19-20H2,1-3H3,(H,32,33,36)/t21-/m0/s1. The number of nitrogens with zero attached hydrogens (tertiary/aromatic N) is 3. The van der Waals surface area contributed by atoms with Crippen molar-refractivity contribution in [2.45, 2.75) is 38.7 Å². The minimum atomic E-state index is -0.337. The second kappa shape index (κ2) is 13.2. The number of nitrogens with one attached hydrogen (secondary N) is 1. The highest BCUT2D eigenvalue weighted by molar-refractivity contribution is 6.04. The summed E-state index contributed by atoms with van der Waals surface area (Å²) >= 11 is 0. The first-order valence-corrected chi connectivity index (χ1v) is 14.2. The first-order chi connectivity index (χ1) is 19.9. The van der Waals surface area contributed by atoms with Crippen molar-refractivity contribution >= 4 is 23.3 Å². The van der Waals surface area contributed by atoms with Crippen molar-refractivity contribution in [2.75, 3.05) is 43.7 Å². The Morgan fingerprint density at radius 2 is 1.78 bits per heavy atom. The highest BCUT2D eigenvalue weighted by Gasteiger charge is 2.32. The summed E-state index contributed by atoms with van der Waals surface area (Å²) in [6.45, 7) is 4.29. The monoisotopic (exact) mass is 562 g/mol. The lowest BCUT2D eigenvalue weighted by Gasteiger charge is -2.29. The molecule has 0 bridgehead atoms. The summed E-state index contributed by atoms with van der Waals surface area (Å²) in [6, 6.07) is 14.3. The van der Waals surface area contributed by atoms with Gasteiger partial charge in [0, 0.05) is 69.4 Å². The maximum absolute atomic E-state index is 13.4. The molecule has 0 spiro atoms. The van der Waals surface area contributed by atoms with Crippen LogP contribution in [0, 0.1) is 11.8 Å². The van der Waals surface area contributed by atoms with Crippen LogP contribution in [-0.2, 0) is 21.3 Å². The van der Waals surface area contributed by atoms with E-state index in [4.69, 9.17) is 18.9 Å². The number of amides is 2. The third kappa shape index (κ3) is 7.86. The van der Waals surface area contributed by atoms with Gasteiger partial charge in [0.05, 0.1) is 6.61 Å². The molecular weight excluding hydrogens is 524 g/mol. The lowest BCUT2D eigenvalue weighted by Crippen LogP contribution is -2.39. The fourth-order valence-electron chi connectivity index (χ4n) is 4.88. The first kappa shape index (κ1) is 28.6. The van der Waals surface area contributed by atoms with Crippen LogP contribution in [0.5, 0.6) is 17.2 Å². The molecule has 2 aromatic carbocycles. The molecule has 2 amide bonds. The molecule has 1 N–H and O–H groups in total. The number of methoxy groups -OCH3 is 1. The molecule has 2 aliphatic rings. The second-order valence-corrected chi connectivity index (χ2v) is 10.8. The Bertz CT molecular complexity index is 1330. The van der Waals surface area contributed by atoms with Crippen molar-refractivity contribution < 1.29 is 28.5 Å². The predicted molar refractivity (Wildman–Crippen MR) is 155 cm³/mol. The lowest BCUT2D eigenvalue weighted by atomic mass is 9.98. The number of carbonyl (C=O) groups is 2. The zero-order valence-electron chi connectivity index (χ0n) is 23.9. The van der Waals surface area contributed by atoms with E-state index in [1.54, 1.807) is 49.3 Å². The number of benzene rings is 2. The van der Waals surface area contributed by atoms with Crippen molar-refractivity contribution in [3.05, 3.63) is 60.3 Å². The van der Waals surface area contributed by atoms with Gasteiger partial charge in [-0.15, -0.1) is 0 Å². The van der Waals surface area contributed by atoms with E-state index in [-0.39, 0.29) is 23.8 Å². The average Bonchev–Trinajstić information content (AvgIpc) is 3.71. The quantitative estimate of drug-likeness (QED) is 0.330. The van der Waals surface area contributed by atoms with E-state index < -0.39 is 0 Å². The summed E-state index contributed by atoms with van der Waals surface area (Å²) < 4.78 is 24.5. The predicted octanol–water partition coefficient (Wildman–Crippen LogP) is 5.05. The Hall–Kier alpha value is -3.89. The molecule has 1 aromatic heterocycles. The number of ether oxygens (including phenoxy) is 4. The van der Waals surface area contributed by atoms with Gasteiger partial charge < -0.3 is 29.2 Å². The molecule has 0 unspecified atom stereocenters. The van der Waals surface area contributed by atoms with Gasteiger partial charge >= 0.3 is 0 Å². The van der Waals surface area contributed by atoms with Crippen molar-refractivity contribution in [3.63, 3.8) is 0 Å². The van der Waals surface area contributed by atoms with Crippen LogP contribution in [-0.4, -0.2) is 61.2 Å². The smallest absolute Gasteiger partial charge is 0.257 e. The SMILES string of the molecule is COC[C@H](C)Oc1cc(Oc2ccc(N(CC3CC3)C(=O)C3CCOCC3)cc2)cc(C(=O)Nc2ccn(C)n2)c1. The molecule has 218 valence electrons. The Labute approximate surface area is 240 Å². The van der Waals surface area contributed by atoms with Crippen LogP contribution in [0.15, 0.2) is 54.7 Å². The molecule has 1 atom stereocenters. The molecule has 2 fully saturated rings. The van der Waals surface area contributed by atoms with Crippen LogP contribution in [0.4, 0.5) is 11.5 Å². The third-order valence-corrected chi connectivity index (χ3v) is 7.19. The third-order valence-electron chi connectivity index (χ3n) is 7.19. The van der Waals surface area contributed by atoms with Crippen molar-refractivity contribution in [3.8, 4) is 17.2 Å². The van der Waals surface area contributed by atoms with E-state index in [0.29, 0.717) is 54.4 Å². The molecule has 1 saturated heterocycles. The molecule has 5 rings (SSSR count). The van der Waals surface area contributed by atoms with Gasteiger partial charge in [0.1, 0.15) is 23.4 Å². The number of anilines is 2. The van der Waals surface area contributed by atoms with Crippen molar-refractivity contribution in [1.29, 1.82) is 0 Å². The molecule has 1 aliphatic carbocycles. The van der Waals surface area contributed by atoms with Gasteiger partial charge in [-0.25, -0.2) is 0 Å². The Balaban J connectivity index is 1.34. The highest BCUT2D eigenvalue weighted by atomic mass is 16.5. The van der Waals surface area contributed by atoms with Gasteiger partial charge in [0.25, 0.3) is 5.91 Å². The fraction of sp³-hybridized carbons (Fsp3) is 0.452. The minimum absolute atomic E-state index is 0.00248. The Morgan fingerprint density at radius 3 is 2.44 bits per heavy atom. The van der Waals surface area contributed by atoms with Crippen LogP contribution in [0.1, 0.15) is 43.0 Å². The fourth-order valence-corrected chi connectivity index (χ4v) is 4.88. The summed E-state index contributed by atoms with van der Waals surface area (Å²) in [4.78, 5) is 28.4. The Morgan fingerprint density at radius 1 is 1.05 bits per heavy atom. The number of rotatable bonds is 12. The van der Waals surface area contributed by atoms with Crippen LogP contribution in [0.3, 0.4) is 0 Å². The molecule has 2 heterocycles. The second-order valence-electron chi connectivity index (χ2n) is 10.8. The van der Waals surface area contributed by atoms with Crippen molar-refractivity contribution in [1.82, 2.24) is 9.78 Å². The molecule has 10 heteroatoms. The van der Waals surface area contributed by atoms with Crippen LogP contribution < -0.4 is 19.7 Å². The maximum Gasteiger partial charge on any atom is 0.257 e. The van der Waals surface area contributed by atoms with Gasteiger partial charge in [-0.3, -0.25) is 14.3 Å². The summed E-state index contributed by atoms with van der Waals surface area (Å²) in [6.07, 6.45) is 5.37. The number of hydrogen-bond acceptors (Lipinski definition) is 7. The van der Waals surface area contributed by atoms with E-state index in [1.807, 2.05) is 36.1 Å². The molecule has 41 heavy (non-hydrogen) atoms. The molecule has 3 aromatic rings. The molecular formula is C31H38N4O6. The van der Waals surface area contributed by atoms with E-state index in [9.17, 15) is 9.59 Å². The molecule has 1 aliphatic heterocycles. The number of aromatic nitrogens is 2. The number of hydrogen-bond donors (Lipinski definition) is 1. The zero-order chi connectivity index (χ0) is 28.8. The molecule has 1 saturated carbocycles. The van der Waals surface area contributed by atoms with E-state index >= 15 is 0 Å². The number of aryl methyl sites for hydroxylation is 1. The van der Waals surface area contributed by atoms with Gasteiger partial charge in [-0.05, 0) is 74.9 Å². The topological polar surface area (TPSA) is 104 Å². The highest BCUT2D eigenvalue weighted by Crippen LogP contribution is 2.34. The van der Waals surface area contributed by atoms with Gasteiger partial charge in [0.15, 0.2) is 5.82 Å². The lowest BCUT2D eigenvalue weighted by molar-refractivity contribution is -0.125. The minimum Gasteiger partial charge on any atom is -0.488 e. The van der Waals surface area contributed by atoms with Crippen LogP contribution >= 0.6 is 0 Å². The normalized spacial score (nSPS) is 16.2. The summed E-state index contributed by atoms with van der Waals surface area (Å²) in [7, 11) is 3.39. The Kier molecular flexibility index (Phi) is 9.21. The van der Waals surface area contributed by atoms with Crippen LogP contribution in [0.2, 0.25) is 0 Å². The van der Waals surface area contributed by atoms with Gasteiger partial charge in [-0.1, -0.05) is 0 Å². The average molecular weight is 563 g/mol. The maximum atomic E-state index is 13.4. The summed E-state index contributed by atoms with van der Waals surface area (Å²) in [5, 5.41) is 7.02.